The van der Waals surface area contributed by atoms with Crippen molar-refractivity contribution in [1.82, 2.24) is 9.80 Å². The van der Waals surface area contributed by atoms with Crippen molar-refractivity contribution in [1.29, 1.82) is 0 Å². The highest BCUT2D eigenvalue weighted by Gasteiger charge is 2.26. The molecule has 1 heterocycles. The first-order valence-corrected chi connectivity index (χ1v) is 8.39. The molecule has 0 aromatic heterocycles. The molecule has 1 aromatic rings. The summed E-state index contributed by atoms with van der Waals surface area (Å²) in [5, 5.41) is 0. The van der Waals surface area contributed by atoms with Crippen molar-refractivity contribution in [3.05, 3.63) is 17.7 Å². The highest BCUT2D eigenvalue weighted by molar-refractivity contribution is 5.95. The zero-order valence-electron chi connectivity index (χ0n) is 15.3. The van der Waals surface area contributed by atoms with E-state index >= 15 is 0 Å². The van der Waals surface area contributed by atoms with Crippen LogP contribution in [0.4, 0.5) is 0 Å². The van der Waals surface area contributed by atoms with E-state index in [-0.39, 0.29) is 5.91 Å². The molecule has 0 saturated carbocycles. The van der Waals surface area contributed by atoms with Gasteiger partial charge in [-0.15, -0.1) is 0 Å². The lowest BCUT2D eigenvalue weighted by Crippen LogP contribution is -2.51. The molecule has 1 unspecified atom stereocenters. The summed E-state index contributed by atoms with van der Waals surface area (Å²) >= 11 is 0. The highest BCUT2D eigenvalue weighted by atomic mass is 16.5. The van der Waals surface area contributed by atoms with Crippen LogP contribution in [0.5, 0.6) is 17.2 Å². The Kier molecular flexibility index (Phi) is 6.31. The van der Waals surface area contributed by atoms with Gasteiger partial charge in [-0.3, -0.25) is 9.69 Å². The average Bonchev–Trinajstić information content (AvgIpc) is 2.65. The Morgan fingerprint density at radius 2 is 1.58 bits per heavy atom. The summed E-state index contributed by atoms with van der Waals surface area (Å²) in [5.41, 5.74) is 0.557. The molecular formula is C18H28N2O4. The van der Waals surface area contributed by atoms with E-state index in [0.717, 1.165) is 32.6 Å². The molecule has 1 saturated heterocycles. The molecule has 6 heteroatoms. The number of ether oxygens (including phenoxy) is 3. The summed E-state index contributed by atoms with van der Waals surface area (Å²) in [6.07, 6.45) is 1.13. The van der Waals surface area contributed by atoms with Gasteiger partial charge in [0, 0.05) is 37.8 Å². The number of piperazine rings is 1. The van der Waals surface area contributed by atoms with Crippen LogP contribution >= 0.6 is 0 Å². The fourth-order valence-electron chi connectivity index (χ4n) is 3.01. The fraction of sp³-hybridized carbons (Fsp3) is 0.611. The lowest BCUT2D eigenvalue weighted by molar-refractivity contribution is 0.0579. The van der Waals surface area contributed by atoms with Gasteiger partial charge in [0.2, 0.25) is 5.75 Å². The van der Waals surface area contributed by atoms with Crippen LogP contribution < -0.4 is 14.2 Å². The summed E-state index contributed by atoms with van der Waals surface area (Å²) < 4.78 is 16.0. The first kappa shape index (κ1) is 18.4. The largest absolute Gasteiger partial charge is 0.493 e. The van der Waals surface area contributed by atoms with Gasteiger partial charge < -0.3 is 19.1 Å². The molecule has 134 valence electrons. The first-order valence-electron chi connectivity index (χ1n) is 8.39. The predicted octanol–water partition coefficient (Wildman–Crippen LogP) is 2.27. The molecule has 1 aromatic carbocycles. The maximum absolute atomic E-state index is 12.8. The van der Waals surface area contributed by atoms with Gasteiger partial charge in [0.15, 0.2) is 11.5 Å². The summed E-state index contributed by atoms with van der Waals surface area (Å²) in [6.45, 7) is 7.71. The van der Waals surface area contributed by atoms with E-state index in [9.17, 15) is 4.79 Å². The highest BCUT2D eigenvalue weighted by Crippen LogP contribution is 2.38. The zero-order chi connectivity index (χ0) is 17.7. The molecule has 1 aliphatic rings. The SMILES string of the molecule is CCC(C)N1CCN(C(=O)c2cc(OC)c(OC)c(OC)c2)CC1. The molecule has 2 rings (SSSR count). The third-order valence-corrected chi connectivity index (χ3v) is 4.73. The van der Waals surface area contributed by atoms with Crippen LogP contribution in [0, 0.1) is 0 Å². The Hall–Kier alpha value is -1.95. The van der Waals surface area contributed by atoms with E-state index in [0.29, 0.717) is 28.9 Å². The number of methoxy groups -OCH3 is 3. The van der Waals surface area contributed by atoms with Crippen molar-refractivity contribution in [3.63, 3.8) is 0 Å². The lowest BCUT2D eigenvalue weighted by Gasteiger charge is -2.37. The summed E-state index contributed by atoms with van der Waals surface area (Å²) in [4.78, 5) is 17.2. The van der Waals surface area contributed by atoms with Crippen molar-refractivity contribution in [2.24, 2.45) is 0 Å². The summed E-state index contributed by atoms with van der Waals surface area (Å²) in [6, 6.07) is 3.98. The number of hydrogen-bond donors (Lipinski definition) is 0. The molecular weight excluding hydrogens is 308 g/mol. The fourth-order valence-corrected chi connectivity index (χ4v) is 3.01. The predicted molar refractivity (Wildman–Crippen MR) is 93.3 cm³/mol. The third kappa shape index (κ3) is 3.75. The summed E-state index contributed by atoms with van der Waals surface area (Å²) in [7, 11) is 4.66. The maximum Gasteiger partial charge on any atom is 0.254 e. The molecule has 1 fully saturated rings. The van der Waals surface area contributed by atoms with E-state index in [1.54, 1.807) is 33.5 Å². The van der Waals surface area contributed by atoms with E-state index in [1.807, 2.05) is 4.90 Å². The Morgan fingerprint density at radius 1 is 1.04 bits per heavy atom. The van der Waals surface area contributed by atoms with Gasteiger partial charge in [0.1, 0.15) is 0 Å². The van der Waals surface area contributed by atoms with Crippen LogP contribution in [-0.4, -0.2) is 69.3 Å². The number of benzene rings is 1. The van der Waals surface area contributed by atoms with Gasteiger partial charge in [-0.1, -0.05) is 6.92 Å². The normalized spacial score (nSPS) is 16.6. The Labute approximate surface area is 144 Å². The van der Waals surface area contributed by atoms with Crippen LogP contribution in [0.25, 0.3) is 0 Å². The lowest BCUT2D eigenvalue weighted by atomic mass is 10.1. The topological polar surface area (TPSA) is 51.2 Å². The van der Waals surface area contributed by atoms with Gasteiger partial charge in [-0.2, -0.15) is 0 Å². The molecule has 0 radical (unpaired) electrons. The van der Waals surface area contributed by atoms with Gasteiger partial charge in [0.25, 0.3) is 5.91 Å². The molecule has 1 amide bonds. The number of carbonyl (C=O) groups is 1. The second-order valence-corrected chi connectivity index (χ2v) is 6.00. The van der Waals surface area contributed by atoms with Crippen LogP contribution in [0.2, 0.25) is 0 Å². The van der Waals surface area contributed by atoms with E-state index in [1.165, 1.54) is 0 Å². The van der Waals surface area contributed by atoms with Gasteiger partial charge >= 0.3 is 0 Å². The van der Waals surface area contributed by atoms with E-state index in [4.69, 9.17) is 14.2 Å². The quantitative estimate of drug-likeness (QED) is 0.798. The van der Waals surface area contributed by atoms with Crippen molar-refractivity contribution >= 4 is 5.91 Å². The van der Waals surface area contributed by atoms with Gasteiger partial charge in [-0.05, 0) is 25.5 Å². The number of hydrogen-bond acceptors (Lipinski definition) is 5. The van der Waals surface area contributed by atoms with Crippen LogP contribution in [0.1, 0.15) is 30.6 Å². The molecule has 1 atom stereocenters. The molecule has 0 N–H and O–H groups in total. The molecule has 1 aliphatic heterocycles. The van der Waals surface area contributed by atoms with Crippen molar-refractivity contribution in [2.45, 2.75) is 26.3 Å². The average molecular weight is 336 g/mol. The molecule has 0 spiro atoms. The third-order valence-electron chi connectivity index (χ3n) is 4.73. The van der Waals surface area contributed by atoms with Gasteiger partial charge in [0.05, 0.1) is 21.3 Å². The maximum atomic E-state index is 12.8. The number of nitrogens with zero attached hydrogens (tertiary/aromatic N) is 2. The number of rotatable bonds is 6. The second kappa shape index (κ2) is 8.24. The first-order chi connectivity index (χ1) is 11.5. The molecule has 24 heavy (non-hydrogen) atoms. The molecule has 6 nitrogen and oxygen atoms in total. The minimum absolute atomic E-state index is 0.00180. The summed E-state index contributed by atoms with van der Waals surface area (Å²) in [5.74, 6) is 1.49. The zero-order valence-corrected chi connectivity index (χ0v) is 15.3. The van der Waals surface area contributed by atoms with Crippen LogP contribution in [0.3, 0.4) is 0 Å². The van der Waals surface area contributed by atoms with Crippen molar-refractivity contribution < 1.29 is 19.0 Å². The number of amides is 1. The number of carbonyl (C=O) groups excluding carboxylic acids is 1. The second-order valence-electron chi connectivity index (χ2n) is 6.00. The Balaban J connectivity index is 2.16. The smallest absolute Gasteiger partial charge is 0.254 e. The van der Waals surface area contributed by atoms with E-state index in [2.05, 4.69) is 18.7 Å². The minimum atomic E-state index is -0.00180. The Morgan fingerprint density at radius 3 is 2.00 bits per heavy atom. The van der Waals surface area contributed by atoms with Crippen molar-refractivity contribution in [3.8, 4) is 17.2 Å². The molecule has 0 bridgehead atoms. The van der Waals surface area contributed by atoms with Crippen LogP contribution in [-0.2, 0) is 0 Å². The standard InChI is InChI=1S/C18H28N2O4/c1-6-13(2)19-7-9-20(10-8-19)18(21)14-11-15(22-3)17(24-5)16(12-14)23-4/h11-13H,6-10H2,1-5H3. The molecule has 0 aliphatic carbocycles. The van der Waals surface area contributed by atoms with Crippen molar-refractivity contribution in [2.75, 3.05) is 47.5 Å². The van der Waals surface area contributed by atoms with Crippen LogP contribution in [0.15, 0.2) is 12.1 Å². The monoisotopic (exact) mass is 336 g/mol. The Bertz CT molecular complexity index is 543. The van der Waals surface area contributed by atoms with E-state index < -0.39 is 0 Å². The van der Waals surface area contributed by atoms with Gasteiger partial charge in [-0.25, -0.2) is 0 Å². The minimum Gasteiger partial charge on any atom is -0.493 e.